The largest absolute Gasteiger partial charge is 0.480 e. The molecule has 26 heavy (non-hydrogen) atoms. The lowest BCUT2D eigenvalue weighted by atomic mass is 9.95. The smallest absolute Gasteiger partial charge is 0.326 e. The van der Waals surface area contributed by atoms with Crippen LogP contribution in [-0.2, 0) is 11.3 Å². The molecule has 1 aromatic heterocycles. The minimum absolute atomic E-state index is 0.110. The number of carboxylic acid groups (broad SMARTS) is 1. The molecule has 2 unspecified atom stereocenters. The van der Waals surface area contributed by atoms with Gasteiger partial charge in [0.1, 0.15) is 11.8 Å². The van der Waals surface area contributed by atoms with Gasteiger partial charge in [-0.25, -0.2) is 4.79 Å². The van der Waals surface area contributed by atoms with Crippen LogP contribution in [0.2, 0.25) is 0 Å². The van der Waals surface area contributed by atoms with Crippen LogP contribution in [0, 0.1) is 6.92 Å². The molecule has 2 atom stereocenters. The van der Waals surface area contributed by atoms with Gasteiger partial charge in [0.05, 0.1) is 0 Å². The molecule has 0 bridgehead atoms. The number of aryl methyl sites for hydroxylation is 1. The van der Waals surface area contributed by atoms with Crippen molar-refractivity contribution in [2.75, 3.05) is 13.6 Å². The number of benzene rings is 1. The summed E-state index contributed by atoms with van der Waals surface area (Å²) in [5, 5.41) is 9.66. The molecular weight excluding hydrogens is 332 g/mol. The highest BCUT2D eigenvalue weighted by atomic mass is 16.4. The zero-order valence-electron chi connectivity index (χ0n) is 15.1. The van der Waals surface area contributed by atoms with Crippen LogP contribution in [0.5, 0.6) is 0 Å². The molecule has 1 aliphatic rings. The Morgan fingerprint density at radius 1 is 1.23 bits per heavy atom. The van der Waals surface area contributed by atoms with Gasteiger partial charge in [-0.2, -0.15) is 0 Å². The Morgan fingerprint density at radius 3 is 2.58 bits per heavy atom. The maximum Gasteiger partial charge on any atom is 0.326 e. The normalized spacial score (nSPS) is 20.3. The van der Waals surface area contributed by atoms with E-state index in [-0.39, 0.29) is 17.7 Å². The van der Waals surface area contributed by atoms with E-state index < -0.39 is 12.0 Å². The second-order valence-electron chi connectivity index (χ2n) is 6.84. The number of furan rings is 1. The molecule has 0 radical (unpaired) electrons. The fourth-order valence-electron chi connectivity index (χ4n) is 3.52. The van der Waals surface area contributed by atoms with Crippen LogP contribution in [0.15, 0.2) is 46.9 Å². The molecule has 0 spiro atoms. The van der Waals surface area contributed by atoms with Crippen LogP contribution in [-0.4, -0.2) is 52.5 Å². The van der Waals surface area contributed by atoms with Crippen molar-refractivity contribution in [1.82, 2.24) is 9.80 Å². The number of likely N-dealkylation sites (tertiary alicyclic amines) is 1. The Balaban J connectivity index is 1.69. The average molecular weight is 356 g/mol. The van der Waals surface area contributed by atoms with Crippen LogP contribution >= 0.6 is 0 Å². The number of rotatable bonds is 5. The molecule has 2 aromatic rings. The fourth-order valence-corrected chi connectivity index (χ4v) is 3.52. The number of hydrogen-bond donors (Lipinski definition) is 1. The van der Waals surface area contributed by atoms with Gasteiger partial charge in [-0.15, -0.1) is 0 Å². The Hall–Kier alpha value is -2.60. The number of amides is 1. The van der Waals surface area contributed by atoms with Crippen molar-refractivity contribution in [2.45, 2.75) is 38.4 Å². The summed E-state index contributed by atoms with van der Waals surface area (Å²) in [7, 11) is 2.00. The number of nitrogens with zero attached hydrogens (tertiary/aromatic N) is 2. The summed E-state index contributed by atoms with van der Waals surface area (Å²) in [5.41, 5.74) is 1.19. The van der Waals surface area contributed by atoms with Crippen LogP contribution in [0.1, 0.15) is 34.7 Å². The molecule has 0 saturated carbocycles. The van der Waals surface area contributed by atoms with E-state index in [1.54, 1.807) is 19.1 Å². The third-order valence-electron chi connectivity index (χ3n) is 4.97. The number of carbonyl (C=O) groups is 2. The maximum absolute atomic E-state index is 12.7. The maximum atomic E-state index is 12.7. The van der Waals surface area contributed by atoms with Gasteiger partial charge in [0.2, 0.25) is 0 Å². The second-order valence-corrected chi connectivity index (χ2v) is 6.84. The first-order valence-corrected chi connectivity index (χ1v) is 8.80. The first-order chi connectivity index (χ1) is 12.5. The first kappa shape index (κ1) is 18.2. The van der Waals surface area contributed by atoms with Crippen molar-refractivity contribution in [3.63, 3.8) is 0 Å². The lowest BCUT2D eigenvalue weighted by Crippen LogP contribution is -2.54. The molecule has 3 rings (SSSR count). The van der Waals surface area contributed by atoms with Gasteiger partial charge in [-0.05, 0) is 44.5 Å². The summed E-state index contributed by atoms with van der Waals surface area (Å²) in [4.78, 5) is 28.0. The van der Waals surface area contributed by atoms with E-state index in [0.717, 1.165) is 13.0 Å². The molecule has 2 heterocycles. The van der Waals surface area contributed by atoms with Crippen molar-refractivity contribution >= 4 is 11.9 Å². The van der Waals surface area contributed by atoms with Gasteiger partial charge in [0.15, 0.2) is 5.76 Å². The molecule has 6 nitrogen and oxygen atoms in total. The molecule has 138 valence electrons. The Kier molecular flexibility index (Phi) is 5.42. The summed E-state index contributed by atoms with van der Waals surface area (Å²) in [6.07, 6.45) is 1.14. The van der Waals surface area contributed by atoms with E-state index in [4.69, 9.17) is 4.42 Å². The van der Waals surface area contributed by atoms with Gasteiger partial charge >= 0.3 is 5.97 Å². The minimum atomic E-state index is -0.973. The Labute approximate surface area is 153 Å². The van der Waals surface area contributed by atoms with E-state index in [9.17, 15) is 14.7 Å². The van der Waals surface area contributed by atoms with Crippen molar-refractivity contribution < 1.29 is 19.1 Å². The van der Waals surface area contributed by atoms with Crippen molar-refractivity contribution in [2.24, 2.45) is 0 Å². The molecule has 0 aliphatic carbocycles. The summed E-state index contributed by atoms with van der Waals surface area (Å²) in [6, 6.07) is 12.7. The topological polar surface area (TPSA) is 74.0 Å². The molecule has 6 heteroatoms. The third kappa shape index (κ3) is 3.96. The van der Waals surface area contributed by atoms with Gasteiger partial charge in [-0.3, -0.25) is 9.69 Å². The monoisotopic (exact) mass is 356 g/mol. The third-order valence-corrected chi connectivity index (χ3v) is 4.97. The van der Waals surface area contributed by atoms with E-state index in [1.807, 2.05) is 25.2 Å². The summed E-state index contributed by atoms with van der Waals surface area (Å²) in [5.74, 6) is -0.489. The lowest BCUT2D eigenvalue weighted by Gasteiger charge is -2.40. The molecule has 1 aromatic carbocycles. The van der Waals surface area contributed by atoms with E-state index in [1.165, 1.54) is 10.5 Å². The van der Waals surface area contributed by atoms with Crippen LogP contribution < -0.4 is 0 Å². The van der Waals surface area contributed by atoms with Crippen LogP contribution in [0.4, 0.5) is 0 Å². The second kappa shape index (κ2) is 7.74. The molecular formula is C20H24N2O4. The minimum Gasteiger partial charge on any atom is -0.480 e. The van der Waals surface area contributed by atoms with Crippen molar-refractivity contribution in [3.8, 4) is 0 Å². The number of aliphatic carboxylic acids is 1. The van der Waals surface area contributed by atoms with Crippen molar-refractivity contribution in [3.05, 3.63) is 59.5 Å². The first-order valence-electron chi connectivity index (χ1n) is 8.80. The Bertz CT molecular complexity index is 771. The van der Waals surface area contributed by atoms with E-state index in [0.29, 0.717) is 18.7 Å². The SMILES string of the molecule is Cc1ccc(C(=O)N2CCC(N(C)Cc3ccccc3)CC2C(=O)O)o1. The lowest BCUT2D eigenvalue weighted by molar-refractivity contribution is -0.144. The number of carbonyl (C=O) groups excluding carboxylic acids is 1. The highest BCUT2D eigenvalue weighted by molar-refractivity contribution is 5.94. The summed E-state index contributed by atoms with van der Waals surface area (Å²) in [6.45, 7) is 2.92. The van der Waals surface area contributed by atoms with Crippen LogP contribution in [0.25, 0.3) is 0 Å². The average Bonchev–Trinajstić information content (AvgIpc) is 3.07. The highest BCUT2D eigenvalue weighted by Gasteiger charge is 2.38. The highest BCUT2D eigenvalue weighted by Crippen LogP contribution is 2.25. The molecule has 1 fully saturated rings. The molecule has 1 N–H and O–H groups in total. The quantitative estimate of drug-likeness (QED) is 0.892. The Morgan fingerprint density at radius 2 is 1.96 bits per heavy atom. The van der Waals surface area contributed by atoms with Crippen molar-refractivity contribution in [1.29, 1.82) is 0 Å². The van der Waals surface area contributed by atoms with Gasteiger partial charge in [0.25, 0.3) is 5.91 Å². The zero-order valence-corrected chi connectivity index (χ0v) is 15.1. The van der Waals surface area contributed by atoms with E-state index >= 15 is 0 Å². The predicted octanol–water partition coefficient (Wildman–Crippen LogP) is 2.78. The standard InChI is InChI=1S/C20H24N2O4/c1-14-8-9-18(26-14)19(23)22-11-10-16(12-17(22)20(24)25)21(2)13-15-6-4-3-5-7-15/h3-9,16-17H,10-13H2,1-2H3,(H,24,25). The zero-order chi connectivity index (χ0) is 18.7. The van der Waals surface area contributed by atoms with E-state index in [2.05, 4.69) is 17.0 Å². The number of hydrogen-bond acceptors (Lipinski definition) is 4. The molecule has 1 amide bonds. The molecule has 1 aliphatic heterocycles. The summed E-state index contributed by atoms with van der Waals surface area (Å²) >= 11 is 0. The predicted molar refractivity (Wildman–Crippen MR) is 96.8 cm³/mol. The fraction of sp³-hybridized carbons (Fsp3) is 0.400. The number of carboxylic acids is 1. The summed E-state index contributed by atoms with van der Waals surface area (Å²) < 4.78 is 5.39. The number of piperidine rings is 1. The molecule has 1 saturated heterocycles. The van der Waals surface area contributed by atoms with Crippen LogP contribution in [0.3, 0.4) is 0 Å². The van der Waals surface area contributed by atoms with Gasteiger partial charge in [0, 0.05) is 19.1 Å². The van der Waals surface area contributed by atoms with Gasteiger partial charge < -0.3 is 14.4 Å². The van der Waals surface area contributed by atoms with Gasteiger partial charge in [-0.1, -0.05) is 30.3 Å².